The van der Waals surface area contributed by atoms with E-state index in [1.54, 1.807) is 0 Å². The van der Waals surface area contributed by atoms with Gasteiger partial charge < -0.3 is 21.1 Å². The SMILES string of the molecule is CC[C@H](C)[C@H](N)C(=O)NCC(=O)N[C@H]1C[C@@H](C(=O)NO)N(S(=O)(=O)c2ccc(OC)cc2)C1.Cl. The number of nitrogens with one attached hydrogen (secondary N) is 3. The highest BCUT2D eigenvalue weighted by Crippen LogP contribution is 2.27. The number of sulfonamides is 1. The lowest BCUT2D eigenvalue weighted by Crippen LogP contribution is -2.49. The minimum atomic E-state index is -4.12. The predicted octanol–water partition coefficient (Wildman–Crippen LogP) is -0.640. The summed E-state index contributed by atoms with van der Waals surface area (Å²) >= 11 is 0. The molecule has 12 nitrogen and oxygen atoms in total. The summed E-state index contributed by atoms with van der Waals surface area (Å²) in [6.07, 6.45) is 0.642. The molecule has 0 bridgehead atoms. The average molecular weight is 522 g/mol. The number of methoxy groups -OCH3 is 1. The number of rotatable bonds is 10. The summed E-state index contributed by atoms with van der Waals surface area (Å²) < 4.78 is 32.2. The first-order chi connectivity index (χ1) is 15.5. The molecule has 0 saturated carbocycles. The molecule has 14 heteroatoms. The maximum atomic E-state index is 13.1. The number of ether oxygens (including phenoxy) is 1. The van der Waals surface area contributed by atoms with Crippen molar-refractivity contribution in [2.24, 2.45) is 11.7 Å². The van der Waals surface area contributed by atoms with E-state index >= 15 is 0 Å². The van der Waals surface area contributed by atoms with Gasteiger partial charge in [0.2, 0.25) is 21.8 Å². The topological polar surface area (TPSA) is 180 Å². The van der Waals surface area contributed by atoms with Crippen molar-refractivity contribution in [3.63, 3.8) is 0 Å². The number of hydrogen-bond donors (Lipinski definition) is 5. The van der Waals surface area contributed by atoms with Crippen molar-refractivity contribution >= 4 is 40.2 Å². The fourth-order valence-corrected chi connectivity index (χ4v) is 5.09. The second-order valence-corrected chi connectivity index (χ2v) is 9.76. The molecule has 1 fully saturated rings. The summed E-state index contributed by atoms with van der Waals surface area (Å²) in [5, 5.41) is 14.1. The molecular formula is C20H32ClN5O7S. The van der Waals surface area contributed by atoms with Crippen LogP contribution >= 0.6 is 12.4 Å². The molecule has 1 aliphatic heterocycles. The van der Waals surface area contributed by atoms with Crippen molar-refractivity contribution in [2.45, 2.75) is 49.7 Å². The van der Waals surface area contributed by atoms with E-state index in [1.807, 2.05) is 13.8 Å². The Kier molecular flexibility index (Phi) is 11.2. The first-order valence-electron chi connectivity index (χ1n) is 10.5. The van der Waals surface area contributed by atoms with E-state index in [2.05, 4.69) is 10.6 Å². The van der Waals surface area contributed by atoms with Crippen molar-refractivity contribution in [2.75, 3.05) is 20.2 Å². The lowest BCUT2D eigenvalue weighted by atomic mass is 9.99. The fraction of sp³-hybridized carbons (Fsp3) is 0.550. The highest BCUT2D eigenvalue weighted by Gasteiger charge is 2.44. The second-order valence-electron chi connectivity index (χ2n) is 7.87. The van der Waals surface area contributed by atoms with Crippen LogP contribution in [0.3, 0.4) is 0 Å². The zero-order valence-electron chi connectivity index (χ0n) is 19.2. The van der Waals surface area contributed by atoms with E-state index in [4.69, 9.17) is 15.7 Å². The number of amides is 3. The third-order valence-electron chi connectivity index (χ3n) is 5.68. The van der Waals surface area contributed by atoms with Gasteiger partial charge in [0.15, 0.2) is 0 Å². The standard InChI is InChI=1S/C20H31N5O7S.ClH/c1-4-12(2)18(21)20(28)22-10-17(26)23-13-9-16(19(27)24-29)25(11-13)33(30,31)15-7-5-14(32-3)6-8-15;/h5-8,12-13,16,18,29H,4,9-11,21H2,1-3H3,(H,22,28)(H,23,26)(H,24,27);1H/t12-,13-,16-,18-;/m0./s1. The zero-order valence-corrected chi connectivity index (χ0v) is 20.8. The van der Waals surface area contributed by atoms with Crippen LogP contribution in [0, 0.1) is 5.92 Å². The number of benzene rings is 1. The van der Waals surface area contributed by atoms with Crippen LogP contribution in [0.15, 0.2) is 29.2 Å². The molecule has 2 rings (SSSR count). The predicted molar refractivity (Wildman–Crippen MR) is 125 cm³/mol. The summed E-state index contributed by atoms with van der Waals surface area (Å²) in [5.74, 6) is -1.54. The molecule has 1 saturated heterocycles. The molecule has 0 spiro atoms. The summed E-state index contributed by atoms with van der Waals surface area (Å²) in [6, 6.07) is 2.91. The maximum absolute atomic E-state index is 13.1. The largest absolute Gasteiger partial charge is 0.497 e. The van der Waals surface area contributed by atoms with Gasteiger partial charge in [0.25, 0.3) is 5.91 Å². The second kappa shape index (κ2) is 12.9. The Morgan fingerprint density at radius 3 is 2.41 bits per heavy atom. The van der Waals surface area contributed by atoms with Crippen molar-refractivity contribution in [3.8, 4) is 5.75 Å². The van der Waals surface area contributed by atoms with E-state index in [1.165, 1.54) is 36.9 Å². The average Bonchev–Trinajstić information content (AvgIpc) is 3.25. The molecule has 1 aromatic carbocycles. The highest BCUT2D eigenvalue weighted by molar-refractivity contribution is 7.89. The molecule has 1 aliphatic rings. The monoisotopic (exact) mass is 521 g/mol. The summed E-state index contributed by atoms with van der Waals surface area (Å²) in [6.45, 7) is 3.18. The minimum Gasteiger partial charge on any atom is -0.497 e. The molecule has 0 aliphatic carbocycles. The number of halogens is 1. The molecule has 0 radical (unpaired) electrons. The van der Waals surface area contributed by atoms with Crippen LogP contribution in [0.4, 0.5) is 0 Å². The van der Waals surface area contributed by atoms with Crippen molar-refractivity contribution < 1.29 is 32.7 Å². The number of nitrogens with zero attached hydrogens (tertiary/aromatic N) is 1. The summed E-state index contributed by atoms with van der Waals surface area (Å²) in [7, 11) is -2.67. The van der Waals surface area contributed by atoms with Crippen molar-refractivity contribution in [3.05, 3.63) is 24.3 Å². The Hall–Kier alpha value is -2.45. The van der Waals surface area contributed by atoms with E-state index in [9.17, 15) is 22.8 Å². The quantitative estimate of drug-likeness (QED) is 0.199. The molecule has 34 heavy (non-hydrogen) atoms. The smallest absolute Gasteiger partial charge is 0.261 e. The van der Waals surface area contributed by atoms with Gasteiger partial charge in [0, 0.05) is 12.6 Å². The van der Waals surface area contributed by atoms with Crippen molar-refractivity contribution in [1.82, 2.24) is 20.4 Å². The Morgan fingerprint density at radius 2 is 1.88 bits per heavy atom. The lowest BCUT2D eigenvalue weighted by Gasteiger charge is -2.22. The van der Waals surface area contributed by atoms with Crippen LogP contribution in [0.2, 0.25) is 0 Å². The molecular weight excluding hydrogens is 490 g/mol. The Labute approximate surface area is 205 Å². The van der Waals surface area contributed by atoms with Gasteiger partial charge in [-0.2, -0.15) is 4.31 Å². The number of carbonyl (C=O) groups is 3. The summed E-state index contributed by atoms with van der Waals surface area (Å²) in [5.41, 5.74) is 7.31. The Bertz CT molecular complexity index is 961. The maximum Gasteiger partial charge on any atom is 0.261 e. The molecule has 4 atom stereocenters. The van der Waals surface area contributed by atoms with E-state index in [0.29, 0.717) is 12.2 Å². The summed E-state index contributed by atoms with van der Waals surface area (Å²) in [4.78, 5) is 36.4. The first-order valence-corrected chi connectivity index (χ1v) is 11.9. The Morgan fingerprint density at radius 1 is 1.26 bits per heavy atom. The van der Waals surface area contributed by atoms with Crippen LogP contribution in [0.1, 0.15) is 26.7 Å². The third kappa shape index (κ3) is 7.03. The molecule has 1 aromatic rings. The number of carbonyl (C=O) groups excluding carboxylic acids is 3. The molecule has 1 heterocycles. The molecule has 3 amide bonds. The highest BCUT2D eigenvalue weighted by atomic mass is 35.5. The van der Waals surface area contributed by atoms with Gasteiger partial charge in [-0.25, -0.2) is 13.9 Å². The minimum absolute atomic E-state index is 0. The van der Waals surface area contributed by atoms with E-state index in [0.717, 1.165) is 4.31 Å². The van der Waals surface area contributed by atoms with Crippen LogP contribution in [-0.4, -0.2) is 74.0 Å². The molecule has 192 valence electrons. The first kappa shape index (κ1) is 29.6. The van der Waals surface area contributed by atoms with Crippen LogP contribution in [-0.2, 0) is 24.4 Å². The fourth-order valence-electron chi connectivity index (χ4n) is 3.45. The molecule has 0 aromatic heterocycles. The number of hydroxylamine groups is 1. The lowest BCUT2D eigenvalue weighted by molar-refractivity contribution is -0.132. The van der Waals surface area contributed by atoms with Crippen molar-refractivity contribution in [1.29, 1.82) is 0 Å². The van der Waals surface area contributed by atoms with Gasteiger partial charge in [-0.1, -0.05) is 20.3 Å². The van der Waals surface area contributed by atoms with Crippen LogP contribution < -0.4 is 26.6 Å². The van der Waals surface area contributed by atoms with Gasteiger partial charge in [0.1, 0.15) is 11.8 Å². The normalized spacial score (nSPS) is 19.9. The zero-order chi connectivity index (χ0) is 24.8. The third-order valence-corrected chi connectivity index (χ3v) is 7.57. The van der Waals surface area contributed by atoms with E-state index in [-0.39, 0.29) is 42.7 Å². The van der Waals surface area contributed by atoms with Crippen LogP contribution in [0.5, 0.6) is 5.75 Å². The van der Waals surface area contributed by atoms with Gasteiger partial charge in [-0.3, -0.25) is 19.6 Å². The molecule has 6 N–H and O–H groups in total. The van der Waals surface area contributed by atoms with Gasteiger partial charge >= 0.3 is 0 Å². The van der Waals surface area contributed by atoms with Crippen LogP contribution in [0.25, 0.3) is 0 Å². The Balaban J connectivity index is 0.00000578. The van der Waals surface area contributed by atoms with E-state index < -0.39 is 45.9 Å². The number of hydrogen-bond acceptors (Lipinski definition) is 8. The van der Waals surface area contributed by atoms with Gasteiger partial charge in [0.05, 0.1) is 24.6 Å². The van der Waals surface area contributed by atoms with Gasteiger partial charge in [-0.15, -0.1) is 12.4 Å². The van der Waals surface area contributed by atoms with Gasteiger partial charge in [-0.05, 0) is 36.6 Å². The number of nitrogens with two attached hydrogens (primary N) is 1. The molecule has 0 unspecified atom stereocenters.